The average Bonchev–Trinajstić information content (AvgIpc) is 2.83. The minimum atomic E-state index is 0.212. The topological polar surface area (TPSA) is 59.1 Å². The van der Waals surface area contributed by atoms with Gasteiger partial charge in [-0.05, 0) is 42.3 Å². The summed E-state index contributed by atoms with van der Waals surface area (Å²) in [7, 11) is 0. The quantitative estimate of drug-likeness (QED) is 0.550. The number of phenols is 1. The summed E-state index contributed by atoms with van der Waals surface area (Å²) in [6, 6.07) is 11.3. The Hall–Kier alpha value is -2.07. The Morgan fingerprint density at radius 1 is 1.21 bits per heavy atom. The van der Waals surface area contributed by atoms with Crippen LogP contribution in [0, 0.1) is 0 Å². The maximum absolute atomic E-state index is 9.93. The van der Waals surface area contributed by atoms with Crippen LogP contribution in [0.1, 0.15) is 12.5 Å². The molecule has 19 heavy (non-hydrogen) atoms. The zero-order valence-corrected chi connectivity index (χ0v) is 11.4. The lowest BCUT2D eigenvalue weighted by atomic mass is 10.1. The first-order valence-electron chi connectivity index (χ1n) is 6.15. The van der Waals surface area contributed by atoms with E-state index in [2.05, 4.69) is 24.0 Å². The van der Waals surface area contributed by atoms with Crippen LogP contribution in [-0.4, -0.2) is 10.1 Å². The molecule has 0 saturated heterocycles. The fourth-order valence-electron chi connectivity index (χ4n) is 2.03. The van der Waals surface area contributed by atoms with Crippen molar-refractivity contribution >= 4 is 27.2 Å². The average molecular weight is 270 g/mol. The van der Waals surface area contributed by atoms with E-state index < -0.39 is 0 Å². The number of rotatable bonds is 2. The minimum Gasteiger partial charge on any atom is -0.507 e. The third-order valence-corrected chi connectivity index (χ3v) is 4.16. The Bertz CT molecular complexity index is 749. The maximum atomic E-state index is 9.93. The van der Waals surface area contributed by atoms with Gasteiger partial charge in [0.15, 0.2) is 0 Å². The second-order valence-corrected chi connectivity index (χ2v) is 5.48. The van der Waals surface area contributed by atoms with Gasteiger partial charge in [0.2, 0.25) is 0 Å². The zero-order chi connectivity index (χ0) is 13.4. The van der Waals surface area contributed by atoms with Crippen molar-refractivity contribution in [1.82, 2.24) is 4.98 Å². The molecule has 0 amide bonds. The van der Waals surface area contributed by atoms with Crippen LogP contribution in [0.2, 0.25) is 0 Å². The lowest BCUT2D eigenvalue weighted by Gasteiger charge is -2.01. The van der Waals surface area contributed by atoms with Gasteiger partial charge in [-0.1, -0.05) is 13.0 Å². The summed E-state index contributed by atoms with van der Waals surface area (Å²) in [4.78, 5) is 4.56. The number of hydrogen-bond acceptors (Lipinski definition) is 4. The Morgan fingerprint density at radius 2 is 2.05 bits per heavy atom. The van der Waals surface area contributed by atoms with E-state index in [1.807, 2.05) is 6.07 Å². The standard InChI is InChI=1S/C15H14N2OS/c1-2-9-3-5-12-14(7-9)19-15(17-12)11-8-10(16)4-6-13(11)18/h3-8,18H,2,16H2,1H3. The number of hydrogen-bond donors (Lipinski definition) is 2. The molecule has 3 rings (SSSR count). The SMILES string of the molecule is CCc1ccc2nc(-c3cc(N)ccc3O)sc2c1. The molecule has 0 spiro atoms. The maximum Gasteiger partial charge on any atom is 0.128 e. The van der Waals surface area contributed by atoms with Crippen molar-refractivity contribution < 1.29 is 5.11 Å². The summed E-state index contributed by atoms with van der Waals surface area (Å²) in [5.41, 5.74) is 9.34. The van der Waals surface area contributed by atoms with Gasteiger partial charge in [0.25, 0.3) is 0 Å². The van der Waals surface area contributed by atoms with Crippen LogP contribution < -0.4 is 5.73 Å². The van der Waals surface area contributed by atoms with Crippen molar-refractivity contribution in [1.29, 1.82) is 0 Å². The van der Waals surface area contributed by atoms with Crippen molar-refractivity contribution in [2.45, 2.75) is 13.3 Å². The van der Waals surface area contributed by atoms with Gasteiger partial charge < -0.3 is 10.8 Å². The number of aromatic nitrogens is 1. The summed E-state index contributed by atoms with van der Waals surface area (Å²) in [6.07, 6.45) is 1.01. The third kappa shape index (κ3) is 2.15. The van der Waals surface area contributed by atoms with E-state index in [-0.39, 0.29) is 5.75 Å². The van der Waals surface area contributed by atoms with Gasteiger partial charge in [-0.3, -0.25) is 0 Å². The first-order valence-corrected chi connectivity index (χ1v) is 6.97. The molecule has 0 saturated carbocycles. The van der Waals surface area contributed by atoms with E-state index >= 15 is 0 Å². The largest absolute Gasteiger partial charge is 0.507 e. The lowest BCUT2D eigenvalue weighted by Crippen LogP contribution is -1.85. The molecule has 0 bridgehead atoms. The number of nitrogens with two attached hydrogens (primary N) is 1. The van der Waals surface area contributed by atoms with Crippen molar-refractivity contribution in [3.8, 4) is 16.3 Å². The van der Waals surface area contributed by atoms with Crippen LogP contribution in [0.25, 0.3) is 20.8 Å². The van der Waals surface area contributed by atoms with Gasteiger partial charge in [-0.25, -0.2) is 4.98 Å². The molecule has 1 heterocycles. The number of aromatic hydroxyl groups is 1. The normalized spacial score (nSPS) is 11.0. The summed E-state index contributed by atoms with van der Waals surface area (Å²) < 4.78 is 1.14. The Balaban J connectivity index is 2.17. The fourth-order valence-corrected chi connectivity index (χ4v) is 3.08. The highest BCUT2D eigenvalue weighted by Gasteiger charge is 2.11. The number of phenolic OH excluding ortho intramolecular Hbond substituents is 1. The number of aryl methyl sites for hydroxylation is 1. The van der Waals surface area contributed by atoms with Crippen molar-refractivity contribution in [2.24, 2.45) is 0 Å². The molecule has 96 valence electrons. The molecule has 3 N–H and O–H groups in total. The highest BCUT2D eigenvalue weighted by Crippen LogP contribution is 2.36. The van der Waals surface area contributed by atoms with Crippen LogP contribution in [0.3, 0.4) is 0 Å². The molecular weight excluding hydrogens is 256 g/mol. The third-order valence-electron chi connectivity index (χ3n) is 3.11. The van der Waals surface area contributed by atoms with E-state index in [9.17, 15) is 5.11 Å². The molecule has 2 aromatic carbocycles. The number of thiazole rings is 1. The van der Waals surface area contributed by atoms with Crippen LogP contribution in [0.5, 0.6) is 5.75 Å². The van der Waals surface area contributed by atoms with Gasteiger partial charge in [0.05, 0.1) is 15.8 Å². The van der Waals surface area contributed by atoms with E-state index in [1.54, 1.807) is 29.5 Å². The van der Waals surface area contributed by atoms with Gasteiger partial charge >= 0.3 is 0 Å². The van der Waals surface area contributed by atoms with Crippen molar-refractivity contribution in [2.75, 3.05) is 5.73 Å². The second-order valence-electron chi connectivity index (χ2n) is 4.45. The monoisotopic (exact) mass is 270 g/mol. The van der Waals surface area contributed by atoms with Crippen molar-refractivity contribution in [3.05, 3.63) is 42.0 Å². The summed E-state index contributed by atoms with van der Waals surface area (Å²) in [5.74, 6) is 0.212. The van der Waals surface area contributed by atoms with Gasteiger partial charge in [-0.15, -0.1) is 11.3 Å². The molecule has 4 heteroatoms. The Labute approximate surface area is 115 Å². The fraction of sp³-hybridized carbons (Fsp3) is 0.133. The first kappa shape index (κ1) is 12.0. The summed E-state index contributed by atoms with van der Waals surface area (Å²) in [5, 5.41) is 10.7. The van der Waals surface area contributed by atoms with Gasteiger partial charge in [-0.2, -0.15) is 0 Å². The van der Waals surface area contributed by atoms with E-state index in [1.165, 1.54) is 5.56 Å². The zero-order valence-electron chi connectivity index (χ0n) is 10.6. The number of nitrogens with zero attached hydrogens (tertiary/aromatic N) is 1. The van der Waals surface area contributed by atoms with E-state index in [4.69, 9.17) is 5.73 Å². The second kappa shape index (κ2) is 4.55. The number of benzene rings is 2. The number of fused-ring (bicyclic) bond motifs is 1. The summed E-state index contributed by atoms with van der Waals surface area (Å²) >= 11 is 1.58. The molecule has 3 nitrogen and oxygen atoms in total. The lowest BCUT2D eigenvalue weighted by molar-refractivity contribution is 0.477. The molecule has 1 aromatic heterocycles. The van der Waals surface area contributed by atoms with Crippen LogP contribution >= 0.6 is 11.3 Å². The van der Waals surface area contributed by atoms with E-state index in [0.717, 1.165) is 21.6 Å². The molecule has 0 aliphatic heterocycles. The van der Waals surface area contributed by atoms with Gasteiger partial charge in [0, 0.05) is 5.69 Å². The highest BCUT2D eigenvalue weighted by molar-refractivity contribution is 7.21. The van der Waals surface area contributed by atoms with E-state index in [0.29, 0.717) is 11.3 Å². The van der Waals surface area contributed by atoms with Crippen LogP contribution in [0.4, 0.5) is 5.69 Å². The predicted octanol–water partition coefficient (Wildman–Crippen LogP) is 3.81. The molecule has 0 aliphatic rings. The molecule has 0 radical (unpaired) electrons. The molecule has 0 aliphatic carbocycles. The molecule has 0 fully saturated rings. The number of anilines is 1. The summed E-state index contributed by atoms with van der Waals surface area (Å²) in [6.45, 7) is 2.13. The van der Waals surface area contributed by atoms with Crippen molar-refractivity contribution in [3.63, 3.8) is 0 Å². The highest BCUT2D eigenvalue weighted by atomic mass is 32.1. The number of nitrogen functional groups attached to an aromatic ring is 1. The smallest absolute Gasteiger partial charge is 0.128 e. The van der Waals surface area contributed by atoms with Crippen LogP contribution in [-0.2, 0) is 6.42 Å². The Morgan fingerprint density at radius 3 is 2.84 bits per heavy atom. The molecular formula is C15H14N2OS. The minimum absolute atomic E-state index is 0.212. The predicted molar refractivity (Wildman–Crippen MR) is 80.5 cm³/mol. The first-order chi connectivity index (χ1) is 9.17. The van der Waals surface area contributed by atoms with Gasteiger partial charge in [0.1, 0.15) is 10.8 Å². The molecule has 0 atom stereocenters. The molecule has 0 unspecified atom stereocenters. The Kier molecular flexibility index (Phi) is 2.87. The molecule has 3 aromatic rings. The van der Waals surface area contributed by atoms with Crippen LogP contribution in [0.15, 0.2) is 36.4 Å².